The van der Waals surface area contributed by atoms with Gasteiger partial charge >= 0.3 is 0 Å². The Morgan fingerprint density at radius 2 is 2.32 bits per heavy atom. The second-order valence-corrected chi connectivity index (χ2v) is 5.39. The highest BCUT2D eigenvalue weighted by atomic mass is 16.5. The fourth-order valence-corrected chi connectivity index (χ4v) is 2.12. The average Bonchev–Trinajstić information content (AvgIpc) is 2.40. The van der Waals surface area contributed by atoms with Crippen molar-refractivity contribution in [3.8, 4) is 5.75 Å². The van der Waals surface area contributed by atoms with E-state index in [0.29, 0.717) is 12.6 Å². The van der Waals surface area contributed by atoms with Gasteiger partial charge in [-0.3, -0.25) is 4.98 Å². The lowest BCUT2D eigenvalue weighted by atomic mass is 10.1. The van der Waals surface area contributed by atoms with Crippen molar-refractivity contribution in [3.63, 3.8) is 0 Å². The van der Waals surface area contributed by atoms with Gasteiger partial charge in [0.2, 0.25) is 0 Å². The fourth-order valence-electron chi connectivity index (χ4n) is 2.12. The van der Waals surface area contributed by atoms with Crippen molar-refractivity contribution in [2.75, 3.05) is 13.2 Å². The van der Waals surface area contributed by atoms with Crippen molar-refractivity contribution in [1.82, 2.24) is 10.3 Å². The highest BCUT2D eigenvalue weighted by Crippen LogP contribution is 2.21. The number of nitrogens with one attached hydrogen (secondary N) is 1. The van der Waals surface area contributed by atoms with Gasteiger partial charge in [-0.2, -0.15) is 0 Å². The zero-order valence-corrected chi connectivity index (χ0v) is 12.1. The lowest BCUT2D eigenvalue weighted by Gasteiger charge is -2.24. The zero-order valence-electron chi connectivity index (χ0n) is 12.1. The monoisotopic (exact) mass is 264 g/mol. The van der Waals surface area contributed by atoms with Crippen molar-refractivity contribution >= 4 is 0 Å². The largest absolute Gasteiger partial charge is 0.486 e. The molecule has 0 saturated carbocycles. The molecule has 0 aromatic carbocycles. The Morgan fingerprint density at radius 3 is 3.00 bits per heavy atom. The van der Waals surface area contributed by atoms with Gasteiger partial charge in [-0.1, -0.05) is 13.8 Å². The smallest absolute Gasteiger partial charge is 0.142 e. The first-order valence-electron chi connectivity index (χ1n) is 7.09. The summed E-state index contributed by atoms with van der Waals surface area (Å²) in [6, 6.07) is 4.46. The molecule has 1 atom stereocenters. The maximum absolute atomic E-state index is 6.05. The van der Waals surface area contributed by atoms with Crippen LogP contribution in [0, 0.1) is 6.92 Å². The molecule has 106 valence electrons. The molecule has 1 aromatic rings. The molecule has 1 aliphatic heterocycles. The van der Waals surface area contributed by atoms with Crippen molar-refractivity contribution in [2.45, 2.75) is 52.3 Å². The molecule has 1 unspecified atom stereocenters. The van der Waals surface area contributed by atoms with Crippen molar-refractivity contribution in [1.29, 1.82) is 0 Å². The Labute approximate surface area is 115 Å². The number of hydrogen-bond acceptors (Lipinski definition) is 4. The maximum Gasteiger partial charge on any atom is 0.142 e. The predicted molar refractivity (Wildman–Crippen MR) is 75.4 cm³/mol. The summed E-state index contributed by atoms with van der Waals surface area (Å²) >= 11 is 0. The molecular weight excluding hydrogens is 240 g/mol. The summed E-state index contributed by atoms with van der Waals surface area (Å²) in [5, 5.41) is 3.39. The lowest BCUT2D eigenvalue weighted by Crippen LogP contribution is -2.29. The molecule has 1 N–H and O–H groups in total. The van der Waals surface area contributed by atoms with Gasteiger partial charge in [-0.05, 0) is 31.9 Å². The molecule has 4 nitrogen and oxygen atoms in total. The number of hydrogen-bond donors (Lipinski definition) is 1. The number of pyridine rings is 1. The van der Waals surface area contributed by atoms with Crippen LogP contribution < -0.4 is 10.1 Å². The van der Waals surface area contributed by atoms with Crippen LogP contribution in [0.1, 0.15) is 38.1 Å². The Kier molecular flexibility index (Phi) is 5.16. The third-order valence-corrected chi connectivity index (χ3v) is 3.16. The Balaban J connectivity index is 2.04. The van der Waals surface area contributed by atoms with Crippen LogP contribution in [-0.2, 0) is 11.3 Å². The molecule has 0 aliphatic carbocycles. The SMILES string of the molecule is Cc1ccc(OC2CCCOC2)c(CNC(C)C)n1. The summed E-state index contributed by atoms with van der Waals surface area (Å²) in [5.41, 5.74) is 2.01. The van der Waals surface area contributed by atoms with Gasteiger partial charge in [0.05, 0.1) is 12.3 Å². The molecule has 1 saturated heterocycles. The minimum atomic E-state index is 0.163. The molecule has 0 amide bonds. The molecule has 1 aromatic heterocycles. The molecule has 0 bridgehead atoms. The highest BCUT2D eigenvalue weighted by Gasteiger charge is 2.17. The van der Waals surface area contributed by atoms with Gasteiger partial charge in [-0.15, -0.1) is 0 Å². The van der Waals surface area contributed by atoms with Crippen LogP contribution in [0.2, 0.25) is 0 Å². The van der Waals surface area contributed by atoms with E-state index in [9.17, 15) is 0 Å². The molecule has 4 heteroatoms. The van der Waals surface area contributed by atoms with Gasteiger partial charge in [0, 0.05) is 24.9 Å². The van der Waals surface area contributed by atoms with E-state index in [0.717, 1.165) is 43.1 Å². The summed E-state index contributed by atoms with van der Waals surface area (Å²) < 4.78 is 11.5. The Hall–Kier alpha value is -1.13. The molecule has 0 spiro atoms. The number of ether oxygens (including phenoxy) is 2. The quantitative estimate of drug-likeness (QED) is 0.887. The molecule has 19 heavy (non-hydrogen) atoms. The topological polar surface area (TPSA) is 43.4 Å². The van der Waals surface area contributed by atoms with E-state index < -0.39 is 0 Å². The summed E-state index contributed by atoms with van der Waals surface area (Å²) in [6.45, 7) is 8.55. The average molecular weight is 264 g/mol. The van der Waals surface area contributed by atoms with Crippen molar-refractivity contribution < 1.29 is 9.47 Å². The van der Waals surface area contributed by atoms with Gasteiger partial charge < -0.3 is 14.8 Å². The van der Waals surface area contributed by atoms with Crippen LogP contribution in [0.5, 0.6) is 5.75 Å². The molecule has 1 aliphatic rings. The second-order valence-electron chi connectivity index (χ2n) is 5.39. The first-order valence-corrected chi connectivity index (χ1v) is 7.09. The third-order valence-electron chi connectivity index (χ3n) is 3.16. The van der Waals surface area contributed by atoms with E-state index in [2.05, 4.69) is 24.1 Å². The van der Waals surface area contributed by atoms with E-state index in [4.69, 9.17) is 9.47 Å². The normalized spacial score (nSPS) is 19.7. The number of aromatic nitrogens is 1. The highest BCUT2D eigenvalue weighted by molar-refractivity contribution is 5.29. The summed E-state index contributed by atoms with van der Waals surface area (Å²) in [6.07, 6.45) is 2.30. The third kappa shape index (κ3) is 4.48. The first kappa shape index (κ1) is 14.3. The summed E-state index contributed by atoms with van der Waals surface area (Å²) in [5.74, 6) is 0.884. The molecule has 2 rings (SSSR count). The van der Waals surface area contributed by atoms with Crippen LogP contribution in [-0.4, -0.2) is 30.3 Å². The van der Waals surface area contributed by atoms with Crippen LogP contribution in [0.3, 0.4) is 0 Å². The van der Waals surface area contributed by atoms with Gasteiger partial charge in [0.25, 0.3) is 0 Å². The van der Waals surface area contributed by atoms with E-state index in [1.54, 1.807) is 0 Å². The Morgan fingerprint density at radius 1 is 1.47 bits per heavy atom. The van der Waals surface area contributed by atoms with Gasteiger partial charge in [0.15, 0.2) is 0 Å². The molecular formula is C15H24N2O2. The maximum atomic E-state index is 6.05. The minimum absolute atomic E-state index is 0.163. The first-order chi connectivity index (χ1) is 9.15. The predicted octanol–water partition coefficient (Wildman–Crippen LogP) is 2.45. The van der Waals surface area contributed by atoms with Gasteiger partial charge in [0.1, 0.15) is 11.9 Å². The standard InChI is InChI=1S/C15H24N2O2/c1-11(2)16-9-14-15(7-6-12(3)17-14)19-13-5-4-8-18-10-13/h6-7,11,13,16H,4-5,8-10H2,1-3H3. The molecule has 1 fully saturated rings. The van der Waals surface area contributed by atoms with Crippen molar-refractivity contribution in [3.05, 3.63) is 23.5 Å². The van der Waals surface area contributed by atoms with Crippen LogP contribution >= 0.6 is 0 Å². The molecule has 2 heterocycles. The van der Waals surface area contributed by atoms with Crippen molar-refractivity contribution in [2.24, 2.45) is 0 Å². The number of aryl methyl sites for hydroxylation is 1. The van der Waals surface area contributed by atoms with E-state index >= 15 is 0 Å². The summed E-state index contributed by atoms with van der Waals surface area (Å²) in [7, 11) is 0. The van der Waals surface area contributed by atoms with Crippen LogP contribution in [0.4, 0.5) is 0 Å². The zero-order chi connectivity index (χ0) is 13.7. The summed E-state index contributed by atoms with van der Waals surface area (Å²) in [4.78, 5) is 4.58. The molecule has 0 radical (unpaired) electrons. The lowest BCUT2D eigenvalue weighted by molar-refractivity contribution is 0.00679. The van der Waals surface area contributed by atoms with Gasteiger partial charge in [-0.25, -0.2) is 0 Å². The number of nitrogens with zero attached hydrogens (tertiary/aromatic N) is 1. The Bertz CT molecular complexity index is 401. The van der Waals surface area contributed by atoms with Crippen LogP contribution in [0.25, 0.3) is 0 Å². The fraction of sp³-hybridized carbons (Fsp3) is 0.667. The number of rotatable bonds is 5. The van der Waals surface area contributed by atoms with E-state index in [-0.39, 0.29) is 6.10 Å². The van der Waals surface area contributed by atoms with E-state index in [1.165, 1.54) is 0 Å². The van der Waals surface area contributed by atoms with E-state index in [1.807, 2.05) is 19.1 Å². The minimum Gasteiger partial charge on any atom is -0.486 e. The van der Waals surface area contributed by atoms with Crippen LogP contribution in [0.15, 0.2) is 12.1 Å². The second kappa shape index (κ2) is 6.87.